The lowest BCUT2D eigenvalue weighted by Crippen LogP contribution is -2.37. The van der Waals surface area contributed by atoms with Crippen LogP contribution in [0.3, 0.4) is 0 Å². The van der Waals surface area contributed by atoms with E-state index in [9.17, 15) is 4.79 Å². The van der Waals surface area contributed by atoms with Crippen molar-refractivity contribution in [3.63, 3.8) is 0 Å². The van der Waals surface area contributed by atoms with Gasteiger partial charge in [0.2, 0.25) is 5.91 Å². The fourth-order valence-electron chi connectivity index (χ4n) is 2.81. The monoisotopic (exact) mass is 494 g/mol. The normalized spacial score (nSPS) is 11.1. The number of aryl methyl sites for hydroxylation is 1. The lowest BCUT2D eigenvalue weighted by molar-refractivity contribution is 0.1000. The minimum absolute atomic E-state index is 0. The van der Waals surface area contributed by atoms with Crippen LogP contribution < -0.4 is 16.4 Å². The number of nitrogens with one attached hydrogen (secondary N) is 2. The molecule has 5 nitrogen and oxygen atoms in total. The van der Waals surface area contributed by atoms with Crippen molar-refractivity contribution >= 4 is 35.8 Å². The first-order valence-corrected chi connectivity index (χ1v) is 9.41. The molecule has 0 bridgehead atoms. The summed E-state index contributed by atoms with van der Waals surface area (Å²) in [5.41, 5.74) is 9.55. The van der Waals surface area contributed by atoms with E-state index < -0.39 is 5.91 Å². The molecule has 0 aliphatic carbocycles. The number of carbonyl (C=O) groups is 1. The second kappa shape index (κ2) is 12.4. The van der Waals surface area contributed by atoms with E-state index in [0.717, 1.165) is 30.9 Å². The number of hydrogen-bond acceptors (Lipinski definition) is 2. The molecule has 2 rings (SSSR count). The second-order valence-corrected chi connectivity index (χ2v) is 6.92. The maximum Gasteiger partial charge on any atom is 0.248 e. The molecule has 152 valence electrons. The van der Waals surface area contributed by atoms with Crippen molar-refractivity contribution in [3.05, 3.63) is 70.8 Å². The van der Waals surface area contributed by atoms with Crippen molar-refractivity contribution in [1.82, 2.24) is 10.6 Å². The molecule has 6 heteroatoms. The lowest BCUT2D eigenvalue weighted by atomic mass is 10.0. The predicted octanol–water partition coefficient (Wildman–Crippen LogP) is 3.82. The Morgan fingerprint density at radius 3 is 2.39 bits per heavy atom. The van der Waals surface area contributed by atoms with Gasteiger partial charge in [-0.1, -0.05) is 50.2 Å². The molecule has 0 aromatic heterocycles. The minimum atomic E-state index is -0.416. The maximum atomic E-state index is 11.3. The third-order valence-corrected chi connectivity index (χ3v) is 4.48. The molecule has 1 amide bonds. The number of amides is 1. The van der Waals surface area contributed by atoms with E-state index in [0.29, 0.717) is 18.0 Å². The Morgan fingerprint density at radius 1 is 1.07 bits per heavy atom. The zero-order valence-electron chi connectivity index (χ0n) is 16.9. The van der Waals surface area contributed by atoms with Crippen LogP contribution in [0.15, 0.2) is 53.5 Å². The first kappa shape index (κ1) is 23.9. The summed E-state index contributed by atoms with van der Waals surface area (Å²) in [5, 5.41) is 6.58. The minimum Gasteiger partial charge on any atom is -0.366 e. The van der Waals surface area contributed by atoms with Gasteiger partial charge in [-0.25, -0.2) is 0 Å². The van der Waals surface area contributed by atoms with E-state index >= 15 is 0 Å². The number of carbonyl (C=O) groups excluding carboxylic acids is 1. The molecule has 0 spiro atoms. The summed E-state index contributed by atoms with van der Waals surface area (Å²) >= 11 is 0. The third-order valence-electron chi connectivity index (χ3n) is 4.48. The fourth-order valence-corrected chi connectivity index (χ4v) is 2.81. The Bertz CT molecular complexity index is 772. The molecule has 0 atom stereocenters. The van der Waals surface area contributed by atoms with Crippen molar-refractivity contribution in [2.45, 2.75) is 39.2 Å². The van der Waals surface area contributed by atoms with Gasteiger partial charge in [-0.15, -0.1) is 24.0 Å². The Balaban J connectivity index is 0.00000392. The van der Waals surface area contributed by atoms with Crippen LogP contribution in [0.4, 0.5) is 0 Å². The van der Waals surface area contributed by atoms with Gasteiger partial charge in [-0.05, 0) is 47.6 Å². The summed E-state index contributed by atoms with van der Waals surface area (Å²) in [7, 11) is 1.75. The SMILES string of the molecule is CN=C(NCCCc1ccc(C(C)C)cc1)NCc1cccc(C(N)=O)c1.I. The van der Waals surface area contributed by atoms with Gasteiger partial charge in [0.1, 0.15) is 0 Å². The summed E-state index contributed by atoms with van der Waals surface area (Å²) in [6.45, 7) is 5.84. The lowest BCUT2D eigenvalue weighted by Gasteiger charge is -2.12. The van der Waals surface area contributed by atoms with Gasteiger partial charge >= 0.3 is 0 Å². The van der Waals surface area contributed by atoms with Crippen molar-refractivity contribution in [1.29, 1.82) is 0 Å². The molecular weight excluding hydrogens is 463 g/mol. The van der Waals surface area contributed by atoms with Crippen LogP contribution in [0.1, 0.15) is 53.2 Å². The molecule has 2 aromatic carbocycles. The zero-order valence-corrected chi connectivity index (χ0v) is 19.2. The van der Waals surface area contributed by atoms with Crippen LogP contribution in [0.2, 0.25) is 0 Å². The second-order valence-electron chi connectivity index (χ2n) is 6.92. The van der Waals surface area contributed by atoms with Gasteiger partial charge < -0.3 is 16.4 Å². The fraction of sp³-hybridized carbons (Fsp3) is 0.364. The quantitative estimate of drug-likeness (QED) is 0.226. The zero-order chi connectivity index (χ0) is 19.6. The highest BCUT2D eigenvalue weighted by Gasteiger charge is 2.03. The van der Waals surface area contributed by atoms with Gasteiger partial charge in [-0.3, -0.25) is 9.79 Å². The maximum absolute atomic E-state index is 11.3. The van der Waals surface area contributed by atoms with Gasteiger partial charge in [0.25, 0.3) is 0 Å². The molecule has 0 fully saturated rings. The van der Waals surface area contributed by atoms with Gasteiger partial charge in [0.15, 0.2) is 5.96 Å². The van der Waals surface area contributed by atoms with Gasteiger partial charge in [0, 0.05) is 25.7 Å². The van der Waals surface area contributed by atoms with Crippen molar-refractivity contribution in [3.8, 4) is 0 Å². The summed E-state index contributed by atoms with van der Waals surface area (Å²) in [6.07, 6.45) is 2.06. The van der Waals surface area contributed by atoms with E-state index in [1.165, 1.54) is 11.1 Å². The average molecular weight is 494 g/mol. The number of aliphatic imine (C=N–C) groups is 1. The van der Waals surface area contributed by atoms with Crippen molar-refractivity contribution < 1.29 is 4.79 Å². The summed E-state index contributed by atoms with van der Waals surface area (Å²) in [4.78, 5) is 15.5. The van der Waals surface area contributed by atoms with Gasteiger partial charge in [-0.2, -0.15) is 0 Å². The van der Waals surface area contributed by atoms with Crippen LogP contribution in [-0.4, -0.2) is 25.5 Å². The van der Waals surface area contributed by atoms with Crippen molar-refractivity contribution in [2.24, 2.45) is 10.7 Å². The Morgan fingerprint density at radius 2 is 1.79 bits per heavy atom. The van der Waals surface area contributed by atoms with E-state index in [2.05, 4.69) is 53.7 Å². The number of hydrogen-bond donors (Lipinski definition) is 3. The average Bonchev–Trinajstić information content (AvgIpc) is 2.68. The molecule has 28 heavy (non-hydrogen) atoms. The Hall–Kier alpha value is -2.09. The van der Waals surface area contributed by atoms with E-state index in [1.807, 2.05) is 12.1 Å². The number of rotatable bonds is 8. The predicted molar refractivity (Wildman–Crippen MR) is 127 cm³/mol. The molecular formula is C22H31IN4O. The highest BCUT2D eigenvalue weighted by Crippen LogP contribution is 2.15. The molecule has 0 radical (unpaired) electrons. The van der Waals surface area contributed by atoms with Crippen LogP contribution in [0, 0.1) is 0 Å². The smallest absolute Gasteiger partial charge is 0.248 e. The topological polar surface area (TPSA) is 79.5 Å². The Kier molecular flexibility index (Phi) is 10.6. The Labute approximate surface area is 185 Å². The van der Waals surface area contributed by atoms with Crippen LogP contribution >= 0.6 is 24.0 Å². The van der Waals surface area contributed by atoms with E-state index in [4.69, 9.17) is 5.73 Å². The molecule has 0 unspecified atom stereocenters. The van der Waals surface area contributed by atoms with E-state index in [-0.39, 0.29) is 24.0 Å². The standard InChI is InChI=1S/C22H30N4O.HI/c1-16(2)19-11-9-17(10-12-19)7-5-13-25-22(24-3)26-15-18-6-4-8-20(14-18)21(23)27;/h4,6,8-12,14,16H,5,7,13,15H2,1-3H3,(H2,23,27)(H2,24,25,26);1H. The number of primary amides is 1. The number of benzene rings is 2. The summed E-state index contributed by atoms with van der Waals surface area (Å²) in [5.74, 6) is 0.897. The highest BCUT2D eigenvalue weighted by molar-refractivity contribution is 14.0. The van der Waals surface area contributed by atoms with Crippen LogP contribution in [-0.2, 0) is 13.0 Å². The molecule has 0 aliphatic rings. The molecule has 4 N–H and O–H groups in total. The third kappa shape index (κ3) is 7.88. The molecule has 0 saturated heterocycles. The number of halogens is 1. The summed E-state index contributed by atoms with van der Waals surface area (Å²) in [6, 6.07) is 16.2. The molecule has 2 aromatic rings. The van der Waals surface area contributed by atoms with Crippen LogP contribution in [0.5, 0.6) is 0 Å². The molecule has 0 saturated carbocycles. The number of nitrogens with zero attached hydrogens (tertiary/aromatic N) is 1. The first-order chi connectivity index (χ1) is 13.0. The highest BCUT2D eigenvalue weighted by atomic mass is 127. The van der Waals surface area contributed by atoms with Crippen LogP contribution in [0.25, 0.3) is 0 Å². The largest absolute Gasteiger partial charge is 0.366 e. The number of guanidine groups is 1. The van der Waals surface area contributed by atoms with Gasteiger partial charge in [0.05, 0.1) is 0 Å². The molecule has 0 heterocycles. The first-order valence-electron chi connectivity index (χ1n) is 9.41. The molecule has 0 aliphatic heterocycles. The van der Waals surface area contributed by atoms with Crippen molar-refractivity contribution in [2.75, 3.05) is 13.6 Å². The summed E-state index contributed by atoms with van der Waals surface area (Å²) < 4.78 is 0. The number of nitrogens with two attached hydrogens (primary N) is 1. The van der Waals surface area contributed by atoms with E-state index in [1.54, 1.807) is 19.2 Å².